The predicted octanol–water partition coefficient (Wildman–Crippen LogP) is 2.46. The second-order valence-corrected chi connectivity index (χ2v) is 7.76. The van der Waals surface area contributed by atoms with Crippen molar-refractivity contribution in [3.63, 3.8) is 0 Å². The third kappa shape index (κ3) is 7.42. The summed E-state index contributed by atoms with van der Waals surface area (Å²) in [5.74, 6) is -2.65. The van der Waals surface area contributed by atoms with Crippen LogP contribution in [0.15, 0.2) is 54.6 Å². The van der Waals surface area contributed by atoms with Crippen molar-refractivity contribution < 1.29 is 29.7 Å². The highest BCUT2D eigenvalue weighted by Crippen LogP contribution is 2.19. The number of aliphatic hydroxyl groups is 1. The molecule has 31 heavy (non-hydrogen) atoms. The molecule has 0 heterocycles. The molecular formula is C23H28N2O6. The van der Waals surface area contributed by atoms with Gasteiger partial charge in [-0.3, -0.25) is 0 Å². The first kappa shape index (κ1) is 23.9. The molecule has 2 rings (SSSR count). The van der Waals surface area contributed by atoms with Gasteiger partial charge in [0.15, 0.2) is 6.10 Å². The van der Waals surface area contributed by atoms with Crippen molar-refractivity contribution in [3.8, 4) is 11.1 Å². The van der Waals surface area contributed by atoms with Gasteiger partial charge in [-0.1, -0.05) is 68.4 Å². The van der Waals surface area contributed by atoms with E-state index in [0.29, 0.717) is 0 Å². The predicted molar refractivity (Wildman–Crippen MR) is 116 cm³/mol. The molecule has 0 saturated heterocycles. The van der Waals surface area contributed by atoms with Crippen molar-refractivity contribution in [2.45, 2.75) is 32.4 Å². The van der Waals surface area contributed by atoms with E-state index in [4.69, 9.17) is 5.11 Å². The maximum atomic E-state index is 12.6. The Balaban J connectivity index is 2.09. The second-order valence-electron chi connectivity index (χ2n) is 7.76. The van der Waals surface area contributed by atoms with E-state index in [1.807, 2.05) is 68.4 Å². The lowest BCUT2D eigenvalue weighted by Gasteiger charge is -2.27. The molecule has 4 N–H and O–H groups in total. The van der Waals surface area contributed by atoms with E-state index in [0.717, 1.165) is 21.6 Å². The van der Waals surface area contributed by atoms with Crippen LogP contribution in [-0.4, -0.2) is 63.4 Å². The average molecular weight is 428 g/mol. The van der Waals surface area contributed by atoms with Crippen molar-refractivity contribution in [1.29, 1.82) is 0 Å². The minimum atomic E-state index is -1.75. The highest BCUT2D eigenvalue weighted by Gasteiger charge is 2.27. The average Bonchev–Trinajstić information content (AvgIpc) is 2.73. The molecule has 0 spiro atoms. The van der Waals surface area contributed by atoms with Gasteiger partial charge in [0, 0.05) is 13.0 Å². The van der Waals surface area contributed by atoms with Gasteiger partial charge in [-0.15, -0.1) is 0 Å². The van der Waals surface area contributed by atoms with Crippen LogP contribution < -0.4 is 5.32 Å². The van der Waals surface area contributed by atoms with Gasteiger partial charge >= 0.3 is 18.0 Å². The SMILES string of the molecule is CC(C)CN(C[C@@H](O)C(=O)O)C(=O)N[C@@H](Cc1ccc(-c2ccccc2)cc1)C(=O)O. The van der Waals surface area contributed by atoms with Gasteiger partial charge < -0.3 is 25.5 Å². The molecule has 0 aliphatic rings. The van der Waals surface area contributed by atoms with E-state index in [9.17, 15) is 24.6 Å². The van der Waals surface area contributed by atoms with Crippen molar-refractivity contribution in [2.75, 3.05) is 13.1 Å². The van der Waals surface area contributed by atoms with Gasteiger partial charge in [0.1, 0.15) is 6.04 Å². The fourth-order valence-corrected chi connectivity index (χ4v) is 3.11. The summed E-state index contributed by atoms with van der Waals surface area (Å²) in [7, 11) is 0. The Bertz CT molecular complexity index is 883. The first-order chi connectivity index (χ1) is 14.7. The van der Waals surface area contributed by atoms with Gasteiger partial charge in [0.05, 0.1) is 6.54 Å². The van der Waals surface area contributed by atoms with Crippen LogP contribution in [0, 0.1) is 5.92 Å². The second kappa shape index (κ2) is 11.1. The van der Waals surface area contributed by atoms with Crippen LogP contribution in [0.1, 0.15) is 19.4 Å². The molecule has 0 fully saturated rings. The van der Waals surface area contributed by atoms with Crippen LogP contribution in [0.5, 0.6) is 0 Å². The maximum Gasteiger partial charge on any atom is 0.334 e. The van der Waals surface area contributed by atoms with Crippen LogP contribution in [0.3, 0.4) is 0 Å². The Labute approximate surface area is 181 Å². The van der Waals surface area contributed by atoms with Gasteiger partial charge in [-0.2, -0.15) is 0 Å². The van der Waals surface area contributed by atoms with Crippen LogP contribution >= 0.6 is 0 Å². The highest BCUT2D eigenvalue weighted by molar-refractivity contribution is 5.83. The number of urea groups is 1. The lowest BCUT2D eigenvalue weighted by Crippen LogP contribution is -2.52. The number of carbonyl (C=O) groups is 3. The van der Waals surface area contributed by atoms with E-state index in [-0.39, 0.29) is 18.9 Å². The lowest BCUT2D eigenvalue weighted by atomic mass is 10.0. The molecule has 166 valence electrons. The molecule has 0 unspecified atom stereocenters. The van der Waals surface area contributed by atoms with Crippen LogP contribution in [-0.2, 0) is 16.0 Å². The Kier molecular flexibility index (Phi) is 8.57. The zero-order chi connectivity index (χ0) is 23.0. The maximum absolute atomic E-state index is 12.6. The smallest absolute Gasteiger partial charge is 0.334 e. The molecule has 0 aromatic heterocycles. The molecule has 0 bridgehead atoms. The molecule has 2 amide bonds. The Hall–Kier alpha value is -3.39. The summed E-state index contributed by atoms with van der Waals surface area (Å²) < 4.78 is 0. The first-order valence-corrected chi connectivity index (χ1v) is 10.0. The van der Waals surface area contributed by atoms with Crippen molar-refractivity contribution in [3.05, 3.63) is 60.2 Å². The number of aliphatic carboxylic acids is 2. The number of aliphatic hydroxyl groups excluding tert-OH is 1. The number of benzene rings is 2. The normalized spacial score (nSPS) is 12.8. The number of hydrogen-bond donors (Lipinski definition) is 4. The molecule has 8 heteroatoms. The molecular weight excluding hydrogens is 400 g/mol. The number of amides is 2. The molecule has 0 saturated carbocycles. The minimum Gasteiger partial charge on any atom is -0.480 e. The zero-order valence-electron chi connectivity index (χ0n) is 17.6. The lowest BCUT2D eigenvalue weighted by molar-refractivity contribution is -0.147. The Morgan fingerprint density at radius 1 is 0.871 bits per heavy atom. The zero-order valence-corrected chi connectivity index (χ0v) is 17.6. The summed E-state index contributed by atoms with van der Waals surface area (Å²) >= 11 is 0. The molecule has 2 aromatic rings. The standard InChI is InChI=1S/C23H28N2O6/c1-15(2)13-25(14-20(26)22(29)30)23(31)24-19(21(27)28)12-16-8-10-18(11-9-16)17-6-4-3-5-7-17/h3-11,15,19-20,26H,12-14H2,1-2H3,(H,24,31)(H,27,28)(H,29,30)/t19-,20+/m0/s1. The van der Waals surface area contributed by atoms with E-state index in [1.165, 1.54) is 0 Å². The summed E-state index contributed by atoms with van der Waals surface area (Å²) in [4.78, 5) is 36.4. The summed E-state index contributed by atoms with van der Waals surface area (Å²) in [6.07, 6.45) is -1.69. The summed E-state index contributed by atoms with van der Waals surface area (Å²) in [5, 5.41) is 30.6. The fraction of sp³-hybridized carbons (Fsp3) is 0.348. The quantitative estimate of drug-likeness (QED) is 0.460. The number of nitrogens with one attached hydrogen (secondary N) is 1. The molecule has 0 radical (unpaired) electrons. The number of rotatable bonds is 10. The van der Waals surface area contributed by atoms with E-state index in [2.05, 4.69) is 5.32 Å². The molecule has 2 atom stereocenters. The van der Waals surface area contributed by atoms with Crippen LogP contribution in [0.4, 0.5) is 4.79 Å². The number of nitrogens with zero attached hydrogens (tertiary/aromatic N) is 1. The first-order valence-electron chi connectivity index (χ1n) is 10.0. The van der Waals surface area contributed by atoms with Gasteiger partial charge in [0.2, 0.25) is 0 Å². The summed E-state index contributed by atoms with van der Waals surface area (Å²) in [5.41, 5.74) is 2.76. The monoisotopic (exact) mass is 428 g/mol. The summed E-state index contributed by atoms with van der Waals surface area (Å²) in [6.45, 7) is 3.40. The number of carbonyl (C=O) groups excluding carboxylic acids is 1. The Morgan fingerprint density at radius 2 is 1.45 bits per heavy atom. The largest absolute Gasteiger partial charge is 0.480 e. The van der Waals surface area contributed by atoms with Crippen LogP contribution in [0.2, 0.25) is 0 Å². The minimum absolute atomic E-state index is 0.000513. The number of carboxylic acids is 2. The fourth-order valence-electron chi connectivity index (χ4n) is 3.11. The number of carboxylic acid groups (broad SMARTS) is 2. The van der Waals surface area contributed by atoms with Gasteiger partial charge in [-0.25, -0.2) is 14.4 Å². The molecule has 0 aliphatic heterocycles. The van der Waals surface area contributed by atoms with Gasteiger partial charge in [-0.05, 0) is 22.6 Å². The summed E-state index contributed by atoms with van der Waals surface area (Å²) in [6, 6.07) is 15.2. The van der Waals surface area contributed by atoms with E-state index in [1.54, 1.807) is 0 Å². The van der Waals surface area contributed by atoms with E-state index >= 15 is 0 Å². The third-order valence-corrected chi connectivity index (χ3v) is 4.65. The molecule has 8 nitrogen and oxygen atoms in total. The van der Waals surface area contributed by atoms with Crippen molar-refractivity contribution >= 4 is 18.0 Å². The topological polar surface area (TPSA) is 127 Å². The van der Waals surface area contributed by atoms with Crippen molar-refractivity contribution in [1.82, 2.24) is 10.2 Å². The van der Waals surface area contributed by atoms with Gasteiger partial charge in [0.25, 0.3) is 0 Å². The Morgan fingerprint density at radius 3 is 1.97 bits per heavy atom. The van der Waals surface area contributed by atoms with E-state index < -0.39 is 36.7 Å². The highest BCUT2D eigenvalue weighted by atomic mass is 16.4. The molecule has 0 aliphatic carbocycles. The molecule has 2 aromatic carbocycles. The third-order valence-electron chi connectivity index (χ3n) is 4.65. The number of hydrogen-bond acceptors (Lipinski definition) is 4. The van der Waals surface area contributed by atoms with Crippen molar-refractivity contribution in [2.24, 2.45) is 5.92 Å². The van der Waals surface area contributed by atoms with Crippen LogP contribution in [0.25, 0.3) is 11.1 Å².